The molecule has 0 radical (unpaired) electrons. The first-order chi connectivity index (χ1) is 7.04. The average molecular weight is 278 g/mol. The van der Waals surface area contributed by atoms with Gasteiger partial charge in [0.05, 0.1) is 0 Å². The zero-order chi connectivity index (χ0) is 12.6. The second kappa shape index (κ2) is 3.95. The largest absolute Gasteiger partial charge is 0.534 e. The van der Waals surface area contributed by atoms with E-state index in [2.05, 4.69) is 10.1 Å². The molecule has 94 valence electrons. The summed E-state index contributed by atoms with van der Waals surface area (Å²) in [6.45, 7) is 0. The lowest BCUT2D eigenvalue weighted by Crippen LogP contribution is -2.27. The summed E-state index contributed by atoms with van der Waals surface area (Å²) in [4.78, 5) is 0. The molecule has 0 N–H and O–H groups in total. The minimum absolute atomic E-state index is 0.0201. The van der Waals surface area contributed by atoms with Crippen LogP contribution in [0.15, 0.2) is 11.8 Å². The fourth-order valence-corrected chi connectivity index (χ4v) is 2.74. The molecule has 0 fully saturated rings. The maximum atomic E-state index is 11.9. The molecule has 0 aromatic rings. The third kappa shape index (κ3) is 3.14. The molecule has 1 unspecified atom stereocenters. The Kier molecular flexibility index (Phi) is 3.30. The van der Waals surface area contributed by atoms with Gasteiger partial charge in [0.25, 0.3) is 0 Å². The van der Waals surface area contributed by atoms with Gasteiger partial charge in [0.15, 0.2) is 0 Å². The molecule has 1 heterocycles. The summed E-state index contributed by atoms with van der Waals surface area (Å²) >= 11 is 0. The number of allylic oxidation sites excluding steroid dienone is 1. The van der Waals surface area contributed by atoms with Crippen molar-refractivity contribution in [2.45, 2.75) is 11.9 Å². The maximum Gasteiger partial charge on any atom is 0.534 e. The Hall–Kier alpha value is -0.700. The lowest BCUT2D eigenvalue weighted by Gasteiger charge is -2.17. The van der Waals surface area contributed by atoms with Crippen molar-refractivity contribution in [3.8, 4) is 0 Å². The quantitative estimate of drug-likeness (QED) is 0.427. The molecule has 1 rings (SSSR count). The highest BCUT2D eigenvalue weighted by molar-refractivity contribution is 8.00. The highest BCUT2D eigenvalue weighted by atomic mass is 32.2. The molecule has 9 heteroatoms. The number of alkyl halides is 3. The van der Waals surface area contributed by atoms with Crippen LogP contribution in [0.2, 0.25) is 0 Å². The van der Waals surface area contributed by atoms with Crippen molar-refractivity contribution in [2.24, 2.45) is 0 Å². The Labute approximate surface area is 91.2 Å². The Balaban J connectivity index is 2.83. The van der Waals surface area contributed by atoms with Gasteiger partial charge in [-0.1, -0.05) is 0 Å². The fourth-order valence-electron chi connectivity index (χ4n) is 0.981. The molecule has 0 saturated carbocycles. The molecule has 0 saturated heterocycles. The van der Waals surface area contributed by atoms with Crippen LogP contribution < -0.4 is 0 Å². The SMILES string of the molecule is C=S1(=O)CC=C(OS(=O)(=O)C(F)(F)F)CC1. The molecule has 0 spiro atoms. The molecular weight excluding hydrogens is 269 g/mol. The van der Waals surface area contributed by atoms with E-state index in [-0.39, 0.29) is 23.7 Å². The average Bonchev–Trinajstić information content (AvgIpc) is 2.06. The van der Waals surface area contributed by atoms with E-state index in [1.54, 1.807) is 0 Å². The van der Waals surface area contributed by atoms with Crippen molar-refractivity contribution in [1.29, 1.82) is 0 Å². The summed E-state index contributed by atoms with van der Waals surface area (Å²) in [5.41, 5.74) is -5.45. The summed E-state index contributed by atoms with van der Waals surface area (Å²) < 4.78 is 72.2. The van der Waals surface area contributed by atoms with Crippen LogP contribution in [0, 0.1) is 0 Å². The summed E-state index contributed by atoms with van der Waals surface area (Å²) in [5, 5.41) is 0. The smallest absolute Gasteiger partial charge is 0.381 e. The van der Waals surface area contributed by atoms with Gasteiger partial charge in [0.2, 0.25) is 0 Å². The highest BCUT2D eigenvalue weighted by Gasteiger charge is 2.48. The van der Waals surface area contributed by atoms with Crippen molar-refractivity contribution < 1.29 is 30.0 Å². The molecule has 0 aromatic heterocycles. The normalized spacial score (nSPS) is 27.3. The standard InChI is InChI=1S/C7H9F3O4S2/c1-15(11)4-2-6(3-5-15)14-16(12,13)7(8,9)10/h2H,1,3-5H2. The van der Waals surface area contributed by atoms with Crippen molar-refractivity contribution in [2.75, 3.05) is 11.5 Å². The zero-order valence-electron chi connectivity index (χ0n) is 7.99. The van der Waals surface area contributed by atoms with Crippen molar-refractivity contribution >= 4 is 25.5 Å². The zero-order valence-corrected chi connectivity index (χ0v) is 9.62. The maximum absolute atomic E-state index is 11.9. The minimum Gasteiger partial charge on any atom is -0.381 e. The summed E-state index contributed by atoms with van der Waals surface area (Å²) in [7, 11) is -7.96. The van der Waals surface area contributed by atoms with Crippen LogP contribution in [-0.4, -0.2) is 35.5 Å². The van der Waals surface area contributed by atoms with Gasteiger partial charge < -0.3 is 4.18 Å². The van der Waals surface area contributed by atoms with Crippen molar-refractivity contribution in [1.82, 2.24) is 0 Å². The second-order valence-corrected chi connectivity index (χ2v) is 7.45. The van der Waals surface area contributed by atoms with Gasteiger partial charge >= 0.3 is 15.6 Å². The lowest BCUT2D eigenvalue weighted by atomic mass is 10.4. The topological polar surface area (TPSA) is 60.4 Å². The van der Waals surface area contributed by atoms with Crippen molar-refractivity contribution in [3.63, 3.8) is 0 Å². The third-order valence-corrected chi connectivity index (χ3v) is 4.56. The van der Waals surface area contributed by atoms with E-state index in [1.165, 1.54) is 0 Å². The first kappa shape index (κ1) is 13.4. The van der Waals surface area contributed by atoms with Gasteiger partial charge in [-0.2, -0.15) is 21.6 Å². The Morgan fingerprint density at radius 2 is 2.00 bits per heavy atom. The molecule has 0 aliphatic carbocycles. The Morgan fingerprint density at radius 1 is 1.44 bits per heavy atom. The summed E-state index contributed by atoms with van der Waals surface area (Å²) in [6, 6.07) is 0. The molecule has 4 nitrogen and oxygen atoms in total. The molecule has 1 aliphatic heterocycles. The van der Waals surface area contributed by atoms with Crippen LogP contribution in [0.25, 0.3) is 0 Å². The predicted octanol–water partition coefficient (Wildman–Crippen LogP) is 0.857. The van der Waals surface area contributed by atoms with Gasteiger partial charge in [-0.25, -0.2) is 0 Å². The van der Waals surface area contributed by atoms with Crippen molar-refractivity contribution in [3.05, 3.63) is 11.8 Å². The van der Waals surface area contributed by atoms with E-state index in [9.17, 15) is 25.8 Å². The van der Waals surface area contributed by atoms with Gasteiger partial charge in [0, 0.05) is 17.9 Å². The van der Waals surface area contributed by atoms with E-state index < -0.39 is 25.1 Å². The number of hydrogen-bond donors (Lipinski definition) is 0. The van der Waals surface area contributed by atoms with Gasteiger partial charge in [-0.05, 0) is 21.5 Å². The monoisotopic (exact) mass is 278 g/mol. The van der Waals surface area contributed by atoms with E-state index in [1.807, 2.05) is 0 Å². The van der Waals surface area contributed by atoms with E-state index in [0.717, 1.165) is 6.08 Å². The van der Waals surface area contributed by atoms with Crippen LogP contribution in [0.5, 0.6) is 0 Å². The third-order valence-electron chi connectivity index (χ3n) is 1.84. The van der Waals surface area contributed by atoms with Crippen LogP contribution in [0.4, 0.5) is 13.2 Å². The molecule has 1 aliphatic rings. The van der Waals surface area contributed by atoms with Crippen LogP contribution >= 0.6 is 0 Å². The highest BCUT2D eigenvalue weighted by Crippen LogP contribution is 2.28. The van der Waals surface area contributed by atoms with Crippen LogP contribution in [0.3, 0.4) is 0 Å². The molecule has 0 bridgehead atoms. The minimum atomic E-state index is -5.62. The van der Waals surface area contributed by atoms with E-state index >= 15 is 0 Å². The Morgan fingerprint density at radius 3 is 2.38 bits per heavy atom. The van der Waals surface area contributed by atoms with Gasteiger partial charge in [0.1, 0.15) is 5.76 Å². The first-order valence-electron chi connectivity index (χ1n) is 4.06. The lowest BCUT2D eigenvalue weighted by molar-refractivity contribution is -0.0523. The fraction of sp³-hybridized carbons (Fsp3) is 0.571. The summed E-state index contributed by atoms with van der Waals surface area (Å²) in [6.07, 6.45) is 0.944. The van der Waals surface area contributed by atoms with Gasteiger partial charge in [-0.15, -0.1) is 0 Å². The molecule has 0 amide bonds. The van der Waals surface area contributed by atoms with Gasteiger partial charge in [-0.3, -0.25) is 4.21 Å². The molecule has 1 atom stereocenters. The Bertz CT molecular complexity index is 498. The van der Waals surface area contributed by atoms with Crippen LogP contribution in [0.1, 0.15) is 6.42 Å². The van der Waals surface area contributed by atoms with E-state index in [4.69, 9.17) is 0 Å². The molecule has 0 aromatic carbocycles. The predicted molar refractivity (Wildman–Crippen MR) is 53.8 cm³/mol. The summed E-state index contributed by atoms with van der Waals surface area (Å²) in [5.74, 6) is 2.98. The van der Waals surface area contributed by atoms with E-state index in [0.29, 0.717) is 0 Å². The molecular formula is C7H9F3O4S2. The number of halogens is 3. The van der Waals surface area contributed by atoms with Crippen LogP contribution in [-0.2, 0) is 23.8 Å². The molecule has 16 heavy (non-hydrogen) atoms. The number of hydrogen-bond acceptors (Lipinski definition) is 4. The second-order valence-electron chi connectivity index (χ2n) is 3.24. The first-order valence-corrected chi connectivity index (χ1v) is 7.53. The number of rotatable bonds is 2.